The van der Waals surface area contributed by atoms with Crippen molar-refractivity contribution in [2.45, 2.75) is 79.8 Å². The van der Waals surface area contributed by atoms with Crippen molar-refractivity contribution in [3.63, 3.8) is 0 Å². The number of aliphatic hydroxyl groups is 1. The van der Waals surface area contributed by atoms with Gasteiger partial charge >= 0.3 is 0 Å². The summed E-state index contributed by atoms with van der Waals surface area (Å²) in [6.45, 7) is 15.8. The Hall–Kier alpha value is -0.820. The number of aryl methyl sites for hydroxylation is 1. The molecule has 0 heterocycles. The van der Waals surface area contributed by atoms with E-state index in [1.807, 2.05) is 6.92 Å². The van der Waals surface area contributed by atoms with Gasteiger partial charge in [0.15, 0.2) is 0 Å². The molecule has 0 bridgehead atoms. The first-order valence-electron chi connectivity index (χ1n) is 8.79. The molecule has 3 unspecified atom stereocenters. The molecule has 22 heavy (non-hydrogen) atoms. The van der Waals surface area contributed by atoms with Gasteiger partial charge in [0.05, 0.1) is 6.10 Å². The van der Waals surface area contributed by atoms with Crippen molar-refractivity contribution in [1.82, 2.24) is 0 Å². The molecule has 0 aliphatic heterocycles. The van der Waals surface area contributed by atoms with E-state index in [1.165, 1.54) is 16.7 Å². The molecule has 0 saturated carbocycles. The molecule has 2 rings (SSSR count). The Balaban J connectivity index is 2.46. The molecule has 0 amide bonds. The van der Waals surface area contributed by atoms with Crippen LogP contribution in [0, 0.1) is 16.7 Å². The zero-order chi connectivity index (χ0) is 16.7. The molecule has 1 heteroatoms. The normalized spacial score (nSPS) is 24.0. The number of aliphatic hydroxyl groups excluding tert-OH is 1. The fraction of sp³-hybridized carbons (Fsp3) is 0.714. The van der Waals surface area contributed by atoms with Crippen LogP contribution in [-0.2, 0) is 12.8 Å². The minimum Gasteiger partial charge on any atom is -0.393 e. The molecular weight excluding hydrogens is 268 g/mol. The summed E-state index contributed by atoms with van der Waals surface area (Å²) in [5.41, 5.74) is 4.91. The Morgan fingerprint density at radius 2 is 1.77 bits per heavy atom. The van der Waals surface area contributed by atoms with Crippen LogP contribution in [0.3, 0.4) is 0 Å². The van der Waals surface area contributed by atoms with Gasteiger partial charge in [0, 0.05) is 0 Å². The van der Waals surface area contributed by atoms with E-state index in [-0.39, 0.29) is 11.5 Å². The van der Waals surface area contributed by atoms with Gasteiger partial charge in [-0.3, -0.25) is 0 Å². The maximum Gasteiger partial charge on any atom is 0.0546 e. The summed E-state index contributed by atoms with van der Waals surface area (Å²) in [6, 6.07) is 7.09. The van der Waals surface area contributed by atoms with E-state index in [0.717, 1.165) is 19.3 Å². The fourth-order valence-electron chi connectivity index (χ4n) is 4.23. The number of benzene rings is 1. The van der Waals surface area contributed by atoms with Crippen LogP contribution in [0.15, 0.2) is 18.2 Å². The molecule has 1 aromatic carbocycles. The Morgan fingerprint density at radius 1 is 1.14 bits per heavy atom. The van der Waals surface area contributed by atoms with E-state index < -0.39 is 0 Å². The first-order chi connectivity index (χ1) is 9.99. The van der Waals surface area contributed by atoms with Gasteiger partial charge in [0.25, 0.3) is 0 Å². The zero-order valence-electron chi connectivity index (χ0n) is 15.5. The van der Waals surface area contributed by atoms with Crippen molar-refractivity contribution in [3.8, 4) is 0 Å². The lowest BCUT2D eigenvalue weighted by molar-refractivity contribution is 0.0646. The van der Waals surface area contributed by atoms with Crippen LogP contribution in [0.2, 0.25) is 0 Å². The standard InChI is InChI=1S/C21H34O/c1-14(22)17-11-10-16-9-8-15(13-20(2,3)4)12-18(16)19(17)21(5,6)7/h8-9,12,14,17,19,22H,10-11,13H2,1-7H3. The van der Waals surface area contributed by atoms with Crippen molar-refractivity contribution in [3.05, 3.63) is 34.9 Å². The molecule has 1 aliphatic rings. The van der Waals surface area contributed by atoms with E-state index >= 15 is 0 Å². The van der Waals surface area contributed by atoms with Gasteiger partial charge in [-0.2, -0.15) is 0 Å². The zero-order valence-corrected chi connectivity index (χ0v) is 15.5. The highest BCUT2D eigenvalue weighted by molar-refractivity contribution is 5.39. The van der Waals surface area contributed by atoms with E-state index in [2.05, 4.69) is 59.7 Å². The summed E-state index contributed by atoms with van der Waals surface area (Å²) in [7, 11) is 0. The lowest BCUT2D eigenvalue weighted by Gasteiger charge is -2.43. The highest BCUT2D eigenvalue weighted by Crippen LogP contribution is 2.48. The summed E-state index contributed by atoms with van der Waals surface area (Å²) < 4.78 is 0. The van der Waals surface area contributed by atoms with Gasteiger partial charge in [-0.1, -0.05) is 59.7 Å². The van der Waals surface area contributed by atoms with Crippen molar-refractivity contribution < 1.29 is 5.11 Å². The molecule has 0 radical (unpaired) electrons. The van der Waals surface area contributed by atoms with E-state index in [9.17, 15) is 5.11 Å². The van der Waals surface area contributed by atoms with Crippen molar-refractivity contribution >= 4 is 0 Å². The van der Waals surface area contributed by atoms with Gasteiger partial charge < -0.3 is 5.11 Å². The third-order valence-corrected chi connectivity index (χ3v) is 5.01. The lowest BCUT2D eigenvalue weighted by Crippen LogP contribution is -2.36. The Morgan fingerprint density at radius 3 is 2.27 bits per heavy atom. The molecule has 0 fully saturated rings. The molecule has 3 atom stereocenters. The summed E-state index contributed by atoms with van der Waals surface area (Å²) >= 11 is 0. The maximum atomic E-state index is 10.3. The van der Waals surface area contributed by atoms with Crippen LogP contribution in [0.25, 0.3) is 0 Å². The summed E-state index contributed by atoms with van der Waals surface area (Å²) in [5.74, 6) is 0.813. The monoisotopic (exact) mass is 302 g/mol. The average Bonchev–Trinajstić information content (AvgIpc) is 2.33. The number of fused-ring (bicyclic) bond motifs is 1. The molecule has 0 saturated heterocycles. The predicted octanol–water partition coefficient (Wildman–Crippen LogP) is 5.35. The second-order valence-electron chi connectivity index (χ2n) is 9.56. The SMILES string of the molecule is CC(O)C1CCc2ccc(CC(C)(C)C)cc2C1C(C)(C)C. The Kier molecular flexibility index (Phi) is 4.78. The van der Waals surface area contributed by atoms with Crippen LogP contribution in [0.1, 0.15) is 77.5 Å². The van der Waals surface area contributed by atoms with Crippen molar-refractivity contribution in [1.29, 1.82) is 0 Å². The van der Waals surface area contributed by atoms with Crippen LogP contribution < -0.4 is 0 Å². The fourth-order valence-corrected chi connectivity index (χ4v) is 4.23. The highest BCUT2D eigenvalue weighted by atomic mass is 16.3. The van der Waals surface area contributed by atoms with Gasteiger partial charge in [0.1, 0.15) is 0 Å². The van der Waals surface area contributed by atoms with E-state index in [1.54, 1.807) is 0 Å². The topological polar surface area (TPSA) is 20.2 Å². The van der Waals surface area contributed by atoms with Gasteiger partial charge in [-0.15, -0.1) is 0 Å². The Bertz CT molecular complexity index is 514. The average molecular weight is 303 g/mol. The Labute approximate surface area is 137 Å². The van der Waals surface area contributed by atoms with Crippen LogP contribution >= 0.6 is 0 Å². The largest absolute Gasteiger partial charge is 0.393 e. The summed E-state index contributed by atoms with van der Waals surface area (Å²) in [4.78, 5) is 0. The predicted molar refractivity (Wildman–Crippen MR) is 95.3 cm³/mol. The number of hydrogen-bond donors (Lipinski definition) is 1. The smallest absolute Gasteiger partial charge is 0.0546 e. The van der Waals surface area contributed by atoms with Crippen LogP contribution in [-0.4, -0.2) is 11.2 Å². The van der Waals surface area contributed by atoms with E-state index in [4.69, 9.17) is 0 Å². The van der Waals surface area contributed by atoms with Crippen molar-refractivity contribution in [2.24, 2.45) is 16.7 Å². The molecule has 1 aromatic rings. The highest BCUT2D eigenvalue weighted by Gasteiger charge is 2.39. The second kappa shape index (κ2) is 6.00. The summed E-state index contributed by atoms with van der Waals surface area (Å²) in [6.07, 6.45) is 3.08. The molecule has 0 spiro atoms. The third kappa shape index (κ3) is 3.93. The van der Waals surface area contributed by atoms with Crippen LogP contribution in [0.4, 0.5) is 0 Å². The molecular formula is C21H34O. The third-order valence-electron chi connectivity index (χ3n) is 5.01. The molecule has 1 nitrogen and oxygen atoms in total. The minimum absolute atomic E-state index is 0.178. The number of rotatable bonds is 2. The first-order valence-corrected chi connectivity index (χ1v) is 8.79. The van der Waals surface area contributed by atoms with E-state index in [0.29, 0.717) is 17.3 Å². The second-order valence-corrected chi connectivity index (χ2v) is 9.56. The quantitative estimate of drug-likeness (QED) is 0.781. The molecule has 0 aromatic heterocycles. The molecule has 124 valence electrons. The van der Waals surface area contributed by atoms with Gasteiger partial charge in [0.2, 0.25) is 0 Å². The van der Waals surface area contributed by atoms with Gasteiger partial charge in [-0.25, -0.2) is 0 Å². The number of hydrogen-bond acceptors (Lipinski definition) is 1. The molecule has 1 N–H and O–H groups in total. The van der Waals surface area contributed by atoms with Crippen molar-refractivity contribution in [2.75, 3.05) is 0 Å². The molecule has 1 aliphatic carbocycles. The maximum absolute atomic E-state index is 10.3. The summed E-state index contributed by atoms with van der Waals surface area (Å²) in [5, 5.41) is 10.3. The lowest BCUT2D eigenvalue weighted by atomic mass is 9.62. The van der Waals surface area contributed by atoms with Gasteiger partial charge in [-0.05, 0) is 65.5 Å². The van der Waals surface area contributed by atoms with Crippen LogP contribution in [0.5, 0.6) is 0 Å². The minimum atomic E-state index is -0.233. The first kappa shape index (κ1) is 17.5.